The van der Waals surface area contributed by atoms with Gasteiger partial charge in [0.1, 0.15) is 6.33 Å². The summed E-state index contributed by atoms with van der Waals surface area (Å²) in [4.78, 5) is 38.9. The van der Waals surface area contributed by atoms with Crippen LogP contribution in [0.2, 0.25) is 0 Å². The lowest BCUT2D eigenvalue weighted by molar-refractivity contribution is -0.143. The zero-order valence-electron chi connectivity index (χ0n) is 22.2. The van der Waals surface area contributed by atoms with Crippen molar-refractivity contribution in [3.63, 3.8) is 0 Å². The molecule has 2 amide bonds. The monoisotopic (exact) mass is 557 g/mol. The van der Waals surface area contributed by atoms with Crippen molar-refractivity contribution in [2.24, 2.45) is 17.3 Å². The number of likely N-dealkylation sites (tertiary alicyclic amines) is 1. The number of amides is 2. The van der Waals surface area contributed by atoms with Crippen LogP contribution in [0.15, 0.2) is 24.5 Å². The van der Waals surface area contributed by atoms with E-state index in [9.17, 15) is 22.8 Å². The maximum absolute atomic E-state index is 13.9. The highest BCUT2D eigenvalue weighted by Crippen LogP contribution is 2.63. The van der Waals surface area contributed by atoms with Gasteiger partial charge in [0.05, 0.1) is 39.9 Å². The highest BCUT2D eigenvalue weighted by atomic mass is 32.1. The Morgan fingerprint density at radius 1 is 1.10 bits per heavy atom. The van der Waals surface area contributed by atoms with Crippen LogP contribution < -0.4 is 5.32 Å². The first-order valence-electron chi connectivity index (χ1n) is 13.1. The number of piperidine rings is 1. The Bertz CT molecular complexity index is 1480. The van der Waals surface area contributed by atoms with Gasteiger partial charge in [-0.3, -0.25) is 19.4 Å². The Morgan fingerprint density at radius 3 is 2.49 bits per heavy atom. The third-order valence-electron chi connectivity index (χ3n) is 8.62. The van der Waals surface area contributed by atoms with E-state index < -0.39 is 11.7 Å². The van der Waals surface area contributed by atoms with Crippen molar-refractivity contribution in [1.29, 1.82) is 0 Å². The van der Waals surface area contributed by atoms with Crippen LogP contribution in [-0.2, 0) is 28.9 Å². The molecule has 1 aromatic carbocycles. The molecule has 3 unspecified atom stereocenters. The molecular formula is C28H30F3N5O2S. The van der Waals surface area contributed by atoms with Gasteiger partial charge in [0.15, 0.2) is 0 Å². The van der Waals surface area contributed by atoms with Crippen molar-refractivity contribution in [1.82, 2.24) is 25.1 Å². The van der Waals surface area contributed by atoms with E-state index in [2.05, 4.69) is 27.1 Å². The van der Waals surface area contributed by atoms with Gasteiger partial charge in [-0.2, -0.15) is 13.2 Å². The molecule has 3 atom stereocenters. The second kappa shape index (κ2) is 9.07. The quantitative estimate of drug-likeness (QED) is 0.462. The lowest BCUT2D eigenvalue weighted by Gasteiger charge is -2.35. The maximum Gasteiger partial charge on any atom is 0.416 e. The van der Waals surface area contributed by atoms with Crippen LogP contribution >= 0.6 is 11.3 Å². The summed E-state index contributed by atoms with van der Waals surface area (Å²) in [5.41, 5.74) is 1.81. The third-order valence-corrected chi connectivity index (χ3v) is 9.74. The molecule has 1 saturated carbocycles. The number of aryl methyl sites for hydroxylation is 1. The number of alkyl halides is 3. The first-order chi connectivity index (χ1) is 18.4. The normalized spacial score (nSPS) is 25.0. The summed E-state index contributed by atoms with van der Waals surface area (Å²) in [5, 5.41) is 3.35. The zero-order chi connectivity index (χ0) is 27.9. The van der Waals surface area contributed by atoms with Gasteiger partial charge in [-0.1, -0.05) is 13.8 Å². The molecule has 206 valence electrons. The third kappa shape index (κ3) is 4.35. The van der Waals surface area contributed by atoms with Crippen LogP contribution in [0.3, 0.4) is 0 Å². The fourth-order valence-corrected chi connectivity index (χ4v) is 7.31. The van der Waals surface area contributed by atoms with Gasteiger partial charge in [0, 0.05) is 42.7 Å². The summed E-state index contributed by atoms with van der Waals surface area (Å²) in [6.45, 7) is 10.8. The first-order valence-corrected chi connectivity index (χ1v) is 13.9. The highest BCUT2D eigenvalue weighted by Gasteiger charge is 2.72. The Morgan fingerprint density at radius 2 is 1.82 bits per heavy atom. The minimum atomic E-state index is -4.50. The van der Waals surface area contributed by atoms with E-state index in [1.54, 1.807) is 13.0 Å². The molecule has 7 nitrogen and oxygen atoms in total. The number of nitrogens with one attached hydrogen (secondary N) is 1. The molecule has 0 spiro atoms. The lowest BCUT2D eigenvalue weighted by atomic mass is 9.94. The summed E-state index contributed by atoms with van der Waals surface area (Å²) in [6.07, 6.45) is -3.14. The number of piperazine rings is 1. The lowest BCUT2D eigenvalue weighted by Crippen LogP contribution is -2.49. The molecule has 4 heterocycles. The second-order valence-electron chi connectivity index (χ2n) is 11.5. The number of rotatable bonds is 5. The van der Waals surface area contributed by atoms with E-state index >= 15 is 0 Å². The van der Waals surface area contributed by atoms with Gasteiger partial charge in [0.2, 0.25) is 11.8 Å². The van der Waals surface area contributed by atoms with Crippen LogP contribution in [0.1, 0.15) is 42.3 Å². The van der Waals surface area contributed by atoms with Crippen molar-refractivity contribution < 1.29 is 22.8 Å². The standard InChI is InChI=1S/C28H30F3N5O2S/c1-14-7-16(28(29,30)31)8-18(19(14)12-35-6-5-32-10-15(35)2)23-24-20(33-13-34-23)9-17(39-24)11-36-25(37)21-22(26(36)38)27(21,3)4/h7-9,13,15,21-22,32H,5-6,10-12H2,1-4H3. The Kier molecular flexibility index (Phi) is 6.13. The number of thiophene rings is 1. The molecule has 3 fully saturated rings. The van der Waals surface area contributed by atoms with Gasteiger partial charge < -0.3 is 5.32 Å². The molecule has 2 saturated heterocycles. The fraction of sp³-hybridized carbons (Fsp3) is 0.500. The number of halogens is 3. The van der Waals surface area contributed by atoms with Crippen molar-refractivity contribution in [3.05, 3.63) is 46.1 Å². The average Bonchev–Trinajstić information content (AvgIpc) is 3.10. The molecule has 39 heavy (non-hydrogen) atoms. The summed E-state index contributed by atoms with van der Waals surface area (Å²) < 4.78 is 42.4. The first kappa shape index (κ1) is 26.3. The van der Waals surface area contributed by atoms with Crippen LogP contribution in [0, 0.1) is 24.2 Å². The maximum atomic E-state index is 13.9. The van der Waals surface area contributed by atoms with Crippen LogP contribution in [0.25, 0.3) is 21.5 Å². The predicted molar refractivity (Wildman–Crippen MR) is 142 cm³/mol. The van der Waals surface area contributed by atoms with Crippen molar-refractivity contribution >= 4 is 33.4 Å². The molecule has 1 N–H and O–H groups in total. The molecule has 3 aromatic rings. The number of hydrogen-bond donors (Lipinski definition) is 1. The van der Waals surface area contributed by atoms with Crippen LogP contribution in [0.4, 0.5) is 13.2 Å². The fourth-order valence-electron chi connectivity index (χ4n) is 6.21. The molecule has 3 aliphatic rings. The number of carbonyl (C=O) groups excluding carboxylic acids is 2. The van der Waals surface area contributed by atoms with Gasteiger partial charge in [0.25, 0.3) is 0 Å². The molecular weight excluding hydrogens is 527 g/mol. The number of carbonyl (C=O) groups is 2. The topological polar surface area (TPSA) is 78.4 Å². The highest BCUT2D eigenvalue weighted by molar-refractivity contribution is 7.19. The molecule has 11 heteroatoms. The summed E-state index contributed by atoms with van der Waals surface area (Å²) >= 11 is 1.32. The number of hydrogen-bond acceptors (Lipinski definition) is 7. The molecule has 2 aliphatic heterocycles. The number of nitrogens with zero attached hydrogens (tertiary/aromatic N) is 4. The summed E-state index contributed by atoms with van der Waals surface area (Å²) in [5.74, 6) is -0.838. The Labute approximate surface area is 228 Å². The number of benzene rings is 1. The zero-order valence-corrected chi connectivity index (χ0v) is 23.0. The van der Waals surface area contributed by atoms with E-state index in [0.29, 0.717) is 33.6 Å². The van der Waals surface area contributed by atoms with Gasteiger partial charge in [-0.05, 0) is 48.6 Å². The molecule has 2 aromatic heterocycles. The number of aromatic nitrogens is 2. The van der Waals surface area contributed by atoms with E-state index in [0.717, 1.165) is 30.1 Å². The van der Waals surface area contributed by atoms with E-state index in [1.807, 2.05) is 13.8 Å². The van der Waals surface area contributed by atoms with E-state index in [1.165, 1.54) is 34.7 Å². The van der Waals surface area contributed by atoms with Crippen LogP contribution in [-0.4, -0.2) is 57.3 Å². The molecule has 0 bridgehead atoms. The molecule has 6 rings (SSSR count). The van der Waals surface area contributed by atoms with Crippen molar-refractivity contribution in [2.75, 3.05) is 19.6 Å². The van der Waals surface area contributed by atoms with E-state index in [4.69, 9.17) is 0 Å². The van der Waals surface area contributed by atoms with Gasteiger partial charge >= 0.3 is 6.18 Å². The van der Waals surface area contributed by atoms with Crippen molar-refractivity contribution in [2.45, 2.75) is 53.0 Å². The average molecular weight is 558 g/mol. The summed E-state index contributed by atoms with van der Waals surface area (Å²) in [7, 11) is 0. The minimum Gasteiger partial charge on any atom is -0.314 e. The predicted octanol–water partition coefficient (Wildman–Crippen LogP) is 4.62. The van der Waals surface area contributed by atoms with Gasteiger partial charge in [-0.25, -0.2) is 9.97 Å². The number of fused-ring (bicyclic) bond motifs is 2. The Hall–Kier alpha value is -2.89. The van der Waals surface area contributed by atoms with Crippen LogP contribution in [0.5, 0.6) is 0 Å². The van der Waals surface area contributed by atoms with Crippen molar-refractivity contribution in [3.8, 4) is 11.3 Å². The SMILES string of the molecule is Cc1cc(C(F)(F)F)cc(-c2ncnc3cc(CN4C(=O)C5C(C4=O)C5(C)C)sc23)c1CN1CCNCC1C. The number of imide groups is 1. The summed E-state index contributed by atoms with van der Waals surface area (Å²) in [6, 6.07) is 4.44. The molecule has 1 aliphatic carbocycles. The molecule has 0 radical (unpaired) electrons. The largest absolute Gasteiger partial charge is 0.416 e. The van der Waals surface area contributed by atoms with E-state index in [-0.39, 0.29) is 41.7 Å². The second-order valence-corrected chi connectivity index (χ2v) is 12.7. The van der Waals surface area contributed by atoms with Gasteiger partial charge in [-0.15, -0.1) is 11.3 Å². The minimum absolute atomic E-state index is 0.133. The Balaban J connectivity index is 1.40. The smallest absolute Gasteiger partial charge is 0.314 e.